The smallest absolute Gasteiger partial charge is 0.410 e. The Bertz CT molecular complexity index is 257. The lowest BCUT2D eigenvalue weighted by atomic mass is 10.4. The number of aliphatic imine (C=N–C) groups is 1. The Morgan fingerprint density at radius 3 is 3.44 bits per heavy atom. The molecule has 1 radical (unpaired) electrons. The second-order valence-corrected chi connectivity index (χ2v) is 1.68. The van der Waals surface area contributed by atoms with Gasteiger partial charge in [-0.3, -0.25) is 0 Å². The Labute approximate surface area is 52.0 Å². The van der Waals surface area contributed by atoms with Crippen LogP contribution in [0.15, 0.2) is 18.3 Å². The normalized spacial score (nSPS) is 12.9. The molecule has 0 spiro atoms. The molecule has 0 aromatic carbocycles. The van der Waals surface area contributed by atoms with E-state index in [9.17, 15) is 0 Å². The molecule has 1 aliphatic rings. The highest BCUT2D eigenvalue weighted by Gasteiger charge is 2.17. The van der Waals surface area contributed by atoms with E-state index >= 15 is 0 Å². The molecule has 3 nitrogen and oxygen atoms in total. The van der Waals surface area contributed by atoms with Crippen molar-refractivity contribution in [3.8, 4) is 5.75 Å². The van der Waals surface area contributed by atoms with Crippen LogP contribution in [0.25, 0.3) is 0 Å². The maximum absolute atomic E-state index is 4.94. The Morgan fingerprint density at radius 2 is 2.56 bits per heavy atom. The standard InChI is InChI=1S/C6H4N2O/c1-2-5-6(7-3-1)8-4-9-5/h1-4H/q+1. The molecule has 2 rings (SSSR count). The zero-order chi connectivity index (χ0) is 6.10. The van der Waals surface area contributed by atoms with Crippen molar-refractivity contribution in [2.45, 2.75) is 0 Å². The van der Waals surface area contributed by atoms with E-state index in [2.05, 4.69) is 9.98 Å². The number of nitrogens with zero attached hydrogens (tertiary/aromatic N) is 2. The SMILES string of the molecule is C1=[N+]c2ncccc2O1. The second kappa shape index (κ2) is 1.55. The van der Waals surface area contributed by atoms with Gasteiger partial charge >= 0.3 is 5.82 Å². The van der Waals surface area contributed by atoms with Crippen molar-refractivity contribution < 1.29 is 4.74 Å². The van der Waals surface area contributed by atoms with Crippen molar-refractivity contribution in [2.24, 2.45) is 0 Å². The first-order chi connectivity index (χ1) is 4.47. The molecule has 2 heterocycles. The van der Waals surface area contributed by atoms with Crippen molar-refractivity contribution in [1.29, 1.82) is 0 Å². The highest BCUT2D eigenvalue weighted by atomic mass is 16.5. The third kappa shape index (κ3) is 0.579. The largest absolute Gasteiger partial charge is 0.417 e. The molecular formula is C6H4N2O+. The molecule has 0 saturated heterocycles. The summed E-state index contributed by atoms with van der Waals surface area (Å²) in [6, 6.07) is 3.64. The third-order valence-electron chi connectivity index (χ3n) is 1.11. The van der Waals surface area contributed by atoms with Gasteiger partial charge in [0.15, 0.2) is 0 Å². The average molecular weight is 120 g/mol. The zero-order valence-electron chi connectivity index (χ0n) is 4.61. The summed E-state index contributed by atoms with van der Waals surface area (Å²) in [5, 5.41) is 0. The molecule has 0 fully saturated rings. The molecule has 0 atom stereocenters. The summed E-state index contributed by atoms with van der Waals surface area (Å²) in [5.74, 6) is 1.40. The summed E-state index contributed by atoms with van der Waals surface area (Å²) in [7, 11) is 0. The van der Waals surface area contributed by atoms with Crippen LogP contribution >= 0.6 is 0 Å². The first-order valence-electron chi connectivity index (χ1n) is 2.61. The molecule has 1 aromatic rings. The van der Waals surface area contributed by atoms with Crippen LogP contribution in [-0.2, 0) is 0 Å². The molecule has 1 aliphatic heterocycles. The number of hydrogen-bond acceptors (Lipinski definition) is 3. The summed E-state index contributed by atoms with van der Waals surface area (Å²) in [5.41, 5.74) is 0. The first kappa shape index (κ1) is 4.49. The van der Waals surface area contributed by atoms with Gasteiger partial charge in [-0.05, 0) is 22.1 Å². The fourth-order valence-electron chi connectivity index (χ4n) is 0.704. The molecule has 0 N–H and O–H groups in total. The predicted molar refractivity (Wildman–Crippen MR) is 32.7 cm³/mol. The van der Waals surface area contributed by atoms with E-state index in [0.717, 1.165) is 5.75 Å². The van der Waals surface area contributed by atoms with Crippen LogP contribution in [0.2, 0.25) is 0 Å². The Morgan fingerprint density at radius 1 is 1.56 bits per heavy atom. The van der Waals surface area contributed by atoms with E-state index in [1.807, 2.05) is 12.1 Å². The van der Waals surface area contributed by atoms with E-state index in [1.165, 1.54) is 6.40 Å². The topological polar surface area (TPSA) is 36.2 Å². The van der Waals surface area contributed by atoms with Crippen molar-refractivity contribution in [3.63, 3.8) is 0 Å². The summed E-state index contributed by atoms with van der Waals surface area (Å²) in [6.45, 7) is 0. The van der Waals surface area contributed by atoms with Gasteiger partial charge in [-0.15, -0.1) is 0 Å². The fraction of sp³-hybridized carbons (Fsp3) is 0. The van der Waals surface area contributed by atoms with E-state index in [0.29, 0.717) is 5.82 Å². The molecule has 1 aromatic heterocycles. The minimum absolute atomic E-state index is 0.664. The van der Waals surface area contributed by atoms with Crippen molar-refractivity contribution >= 4 is 12.2 Å². The number of ether oxygens (including phenoxy) is 1. The minimum Gasteiger partial charge on any atom is -0.417 e. The summed E-state index contributed by atoms with van der Waals surface area (Å²) < 4.78 is 4.94. The van der Waals surface area contributed by atoms with Gasteiger partial charge in [0, 0.05) is 0 Å². The summed E-state index contributed by atoms with van der Waals surface area (Å²) in [4.78, 5) is 7.78. The van der Waals surface area contributed by atoms with E-state index < -0.39 is 0 Å². The van der Waals surface area contributed by atoms with Crippen LogP contribution in [-0.4, -0.2) is 11.4 Å². The number of hydrogen-bond donors (Lipinski definition) is 0. The Balaban J connectivity index is 2.63. The summed E-state index contributed by atoms with van der Waals surface area (Å²) in [6.07, 6.45) is 3.07. The van der Waals surface area contributed by atoms with Gasteiger partial charge in [0.25, 0.3) is 6.40 Å². The van der Waals surface area contributed by atoms with Gasteiger partial charge in [0.1, 0.15) is 6.20 Å². The fourth-order valence-corrected chi connectivity index (χ4v) is 0.704. The molecule has 43 valence electrons. The highest BCUT2D eigenvalue weighted by Crippen LogP contribution is 2.21. The van der Waals surface area contributed by atoms with Crippen molar-refractivity contribution in [3.05, 3.63) is 18.3 Å². The molecule has 0 unspecified atom stereocenters. The molecule has 0 saturated carbocycles. The first-order valence-corrected chi connectivity index (χ1v) is 2.61. The van der Waals surface area contributed by atoms with E-state index in [1.54, 1.807) is 6.20 Å². The van der Waals surface area contributed by atoms with Crippen LogP contribution in [0.4, 0.5) is 5.82 Å². The van der Waals surface area contributed by atoms with Crippen LogP contribution in [0.5, 0.6) is 5.75 Å². The Kier molecular flexibility index (Phi) is 0.773. The van der Waals surface area contributed by atoms with Crippen LogP contribution in [0.1, 0.15) is 0 Å². The number of pyridine rings is 1. The molecule has 9 heavy (non-hydrogen) atoms. The van der Waals surface area contributed by atoms with Gasteiger partial charge in [-0.1, -0.05) is 0 Å². The van der Waals surface area contributed by atoms with E-state index in [4.69, 9.17) is 4.74 Å². The molecule has 0 aliphatic carbocycles. The number of fused-ring (bicyclic) bond motifs is 1. The highest BCUT2D eigenvalue weighted by molar-refractivity contribution is 5.65. The van der Waals surface area contributed by atoms with Crippen LogP contribution in [0, 0.1) is 0 Å². The monoisotopic (exact) mass is 120 g/mol. The maximum atomic E-state index is 4.94. The lowest BCUT2D eigenvalue weighted by molar-refractivity contribution is 0.591. The maximum Gasteiger partial charge on any atom is 0.410 e. The van der Waals surface area contributed by atoms with Crippen molar-refractivity contribution in [2.75, 3.05) is 0 Å². The van der Waals surface area contributed by atoms with Gasteiger partial charge in [-0.25, -0.2) is 0 Å². The Hall–Kier alpha value is -1.38. The van der Waals surface area contributed by atoms with Gasteiger partial charge in [0.2, 0.25) is 5.75 Å². The molecular weight excluding hydrogens is 116 g/mol. The average Bonchev–Trinajstić information content (AvgIpc) is 2.33. The van der Waals surface area contributed by atoms with Crippen molar-refractivity contribution in [1.82, 2.24) is 9.98 Å². The van der Waals surface area contributed by atoms with E-state index in [-0.39, 0.29) is 0 Å². The lowest BCUT2D eigenvalue weighted by Gasteiger charge is -1.82. The quantitative estimate of drug-likeness (QED) is 0.499. The van der Waals surface area contributed by atoms with Gasteiger partial charge in [-0.2, -0.15) is 0 Å². The molecule has 0 amide bonds. The predicted octanol–water partition coefficient (Wildman–Crippen LogP) is 0.470. The molecule has 3 heteroatoms. The van der Waals surface area contributed by atoms with Gasteiger partial charge < -0.3 is 4.74 Å². The van der Waals surface area contributed by atoms with Crippen LogP contribution in [0.3, 0.4) is 0 Å². The van der Waals surface area contributed by atoms with Gasteiger partial charge in [0.05, 0.1) is 0 Å². The summed E-state index contributed by atoms with van der Waals surface area (Å²) >= 11 is 0. The number of aromatic nitrogens is 1. The minimum atomic E-state index is 0.664. The zero-order valence-corrected chi connectivity index (χ0v) is 4.61. The van der Waals surface area contributed by atoms with Crippen LogP contribution < -0.4 is 9.73 Å². The molecule has 0 bridgehead atoms. The lowest BCUT2D eigenvalue weighted by Crippen LogP contribution is -1.81. The third-order valence-corrected chi connectivity index (χ3v) is 1.11. The number of rotatable bonds is 0. The second-order valence-electron chi connectivity index (χ2n) is 1.68.